The van der Waals surface area contributed by atoms with Crippen molar-refractivity contribution in [2.24, 2.45) is 5.41 Å². The van der Waals surface area contributed by atoms with Gasteiger partial charge in [-0.3, -0.25) is 9.69 Å². The molecule has 138 valence electrons. The van der Waals surface area contributed by atoms with Gasteiger partial charge in [-0.05, 0) is 62.4 Å². The fraction of sp³-hybridized carbons (Fsp3) is 0.650. The molecule has 2 fully saturated rings. The molecule has 4 nitrogen and oxygen atoms in total. The molecule has 1 atom stereocenters. The molecule has 0 aromatic heterocycles. The van der Waals surface area contributed by atoms with Crippen molar-refractivity contribution in [1.29, 1.82) is 0 Å². The van der Waals surface area contributed by atoms with E-state index in [1.807, 2.05) is 17.9 Å². The molecular weight excluding hydrogens is 319 g/mol. The zero-order valence-corrected chi connectivity index (χ0v) is 15.1. The first kappa shape index (κ1) is 18.3. The molecule has 0 bridgehead atoms. The minimum absolute atomic E-state index is 0.132. The van der Waals surface area contributed by atoms with E-state index in [4.69, 9.17) is 5.11 Å². The number of amides is 1. The molecule has 1 amide bonds. The summed E-state index contributed by atoms with van der Waals surface area (Å²) in [6.07, 6.45) is 4.53. The van der Waals surface area contributed by atoms with E-state index in [0.717, 1.165) is 51.0 Å². The van der Waals surface area contributed by atoms with Gasteiger partial charge in [-0.1, -0.05) is 6.07 Å². The maximum Gasteiger partial charge on any atom is 0.222 e. The summed E-state index contributed by atoms with van der Waals surface area (Å²) in [6.45, 7) is 6.47. The number of nitrogens with zero attached hydrogens (tertiary/aromatic N) is 2. The van der Waals surface area contributed by atoms with Crippen molar-refractivity contribution >= 4 is 5.91 Å². The molecular formula is C20H29FN2O2. The van der Waals surface area contributed by atoms with E-state index in [0.29, 0.717) is 19.4 Å². The van der Waals surface area contributed by atoms with Gasteiger partial charge in [0.05, 0.1) is 0 Å². The van der Waals surface area contributed by atoms with E-state index >= 15 is 0 Å². The van der Waals surface area contributed by atoms with Crippen LogP contribution in [0.4, 0.5) is 4.39 Å². The number of hydrogen-bond donors (Lipinski definition) is 1. The minimum Gasteiger partial charge on any atom is -0.396 e. The fourth-order valence-electron chi connectivity index (χ4n) is 4.42. The summed E-state index contributed by atoms with van der Waals surface area (Å²) in [5.74, 6) is 0.0484. The Morgan fingerprint density at radius 2 is 2.12 bits per heavy atom. The van der Waals surface area contributed by atoms with Crippen LogP contribution in [0.1, 0.15) is 43.2 Å². The van der Waals surface area contributed by atoms with Crippen LogP contribution < -0.4 is 0 Å². The van der Waals surface area contributed by atoms with Gasteiger partial charge in [0.15, 0.2) is 0 Å². The van der Waals surface area contributed by atoms with Crippen molar-refractivity contribution in [1.82, 2.24) is 9.80 Å². The molecule has 0 saturated carbocycles. The Bertz CT molecular complexity index is 622. The third kappa shape index (κ3) is 4.39. The monoisotopic (exact) mass is 348 g/mol. The van der Waals surface area contributed by atoms with Crippen molar-refractivity contribution in [3.63, 3.8) is 0 Å². The zero-order chi connectivity index (χ0) is 17.9. The lowest BCUT2D eigenvalue weighted by molar-refractivity contribution is -0.139. The van der Waals surface area contributed by atoms with Gasteiger partial charge in [0, 0.05) is 44.6 Å². The highest BCUT2D eigenvalue weighted by atomic mass is 19.1. The summed E-state index contributed by atoms with van der Waals surface area (Å²) in [5.41, 5.74) is 2.36. The maximum atomic E-state index is 13.3. The van der Waals surface area contributed by atoms with Crippen molar-refractivity contribution < 1.29 is 14.3 Å². The van der Waals surface area contributed by atoms with Crippen LogP contribution >= 0.6 is 0 Å². The molecule has 3 rings (SSSR count). The number of benzene rings is 1. The number of likely N-dealkylation sites (tertiary alicyclic amines) is 2. The Kier molecular flexibility index (Phi) is 5.74. The van der Waals surface area contributed by atoms with Crippen LogP contribution in [0.5, 0.6) is 0 Å². The van der Waals surface area contributed by atoms with Gasteiger partial charge < -0.3 is 10.0 Å². The van der Waals surface area contributed by atoms with Gasteiger partial charge in [0.25, 0.3) is 0 Å². The van der Waals surface area contributed by atoms with Crippen LogP contribution in [0.15, 0.2) is 18.2 Å². The third-order valence-electron chi connectivity index (χ3n) is 5.77. The van der Waals surface area contributed by atoms with Crippen LogP contribution in [-0.2, 0) is 11.3 Å². The van der Waals surface area contributed by atoms with E-state index in [9.17, 15) is 9.18 Å². The zero-order valence-electron chi connectivity index (χ0n) is 15.1. The summed E-state index contributed by atoms with van der Waals surface area (Å²) in [7, 11) is 0. The molecule has 2 heterocycles. The van der Waals surface area contributed by atoms with E-state index < -0.39 is 0 Å². The number of halogens is 1. The Labute approximate surface area is 149 Å². The first-order valence-corrected chi connectivity index (χ1v) is 9.37. The Morgan fingerprint density at radius 3 is 2.88 bits per heavy atom. The number of aliphatic hydroxyl groups is 1. The molecule has 0 radical (unpaired) electrons. The number of carbonyl (C=O) groups excluding carboxylic acids is 1. The van der Waals surface area contributed by atoms with Crippen molar-refractivity contribution in [3.05, 3.63) is 35.1 Å². The lowest BCUT2D eigenvalue weighted by Crippen LogP contribution is -2.54. The van der Waals surface area contributed by atoms with Crippen LogP contribution in [0.2, 0.25) is 0 Å². The SMILES string of the molecule is Cc1cc(F)ccc1CN1CCC[C@@]2(CCC(=O)N(CCCO)C2)C1. The van der Waals surface area contributed by atoms with Crippen molar-refractivity contribution in [3.8, 4) is 0 Å². The largest absolute Gasteiger partial charge is 0.396 e. The molecule has 2 aliphatic rings. The molecule has 2 saturated heterocycles. The molecule has 1 aromatic rings. The van der Waals surface area contributed by atoms with Crippen molar-refractivity contribution in [2.75, 3.05) is 32.8 Å². The number of rotatable bonds is 5. The number of carbonyl (C=O) groups is 1. The molecule has 5 heteroatoms. The molecule has 0 unspecified atom stereocenters. The van der Waals surface area contributed by atoms with Crippen LogP contribution in [0.25, 0.3) is 0 Å². The Hall–Kier alpha value is -1.46. The average Bonchev–Trinajstić information content (AvgIpc) is 2.59. The number of hydrogen-bond acceptors (Lipinski definition) is 3. The molecule has 1 N–H and O–H groups in total. The predicted molar refractivity (Wildman–Crippen MR) is 95.6 cm³/mol. The van der Waals surface area contributed by atoms with Gasteiger partial charge in [-0.2, -0.15) is 0 Å². The van der Waals surface area contributed by atoms with E-state index in [-0.39, 0.29) is 23.7 Å². The van der Waals surface area contributed by atoms with Crippen LogP contribution in [0, 0.1) is 18.2 Å². The summed E-state index contributed by atoms with van der Waals surface area (Å²) in [5, 5.41) is 9.06. The van der Waals surface area contributed by atoms with E-state index in [2.05, 4.69) is 4.90 Å². The molecule has 2 aliphatic heterocycles. The smallest absolute Gasteiger partial charge is 0.222 e. The van der Waals surface area contributed by atoms with E-state index in [1.54, 1.807) is 6.07 Å². The summed E-state index contributed by atoms with van der Waals surface area (Å²) in [4.78, 5) is 16.6. The third-order valence-corrected chi connectivity index (χ3v) is 5.77. The second-order valence-corrected chi connectivity index (χ2v) is 7.78. The van der Waals surface area contributed by atoms with Crippen molar-refractivity contribution in [2.45, 2.75) is 45.6 Å². The minimum atomic E-state index is -0.179. The maximum absolute atomic E-state index is 13.3. The lowest BCUT2D eigenvalue weighted by atomic mass is 9.73. The lowest BCUT2D eigenvalue weighted by Gasteiger charge is -2.48. The molecule has 25 heavy (non-hydrogen) atoms. The number of aliphatic hydroxyl groups excluding tert-OH is 1. The van der Waals surface area contributed by atoms with Gasteiger partial charge in [-0.25, -0.2) is 4.39 Å². The second kappa shape index (κ2) is 7.83. The van der Waals surface area contributed by atoms with Gasteiger partial charge in [0.1, 0.15) is 5.82 Å². The fourth-order valence-corrected chi connectivity index (χ4v) is 4.42. The number of piperidine rings is 2. The number of aryl methyl sites for hydroxylation is 1. The standard InChI is InChI=1S/C20H29FN2O2/c1-16-12-18(21)5-4-17(16)13-22-9-2-7-20(14-22)8-6-19(25)23(15-20)10-3-11-24/h4-5,12,24H,2-3,6-11,13-15H2,1H3/t20-/m1/s1. The highest BCUT2D eigenvalue weighted by Crippen LogP contribution is 2.39. The summed E-state index contributed by atoms with van der Waals surface area (Å²) >= 11 is 0. The first-order valence-electron chi connectivity index (χ1n) is 9.37. The Morgan fingerprint density at radius 1 is 1.28 bits per heavy atom. The molecule has 1 aromatic carbocycles. The van der Waals surface area contributed by atoms with Gasteiger partial charge >= 0.3 is 0 Å². The summed E-state index contributed by atoms with van der Waals surface area (Å²) in [6, 6.07) is 5.03. The molecule has 0 aliphatic carbocycles. The highest BCUT2D eigenvalue weighted by Gasteiger charge is 2.41. The Balaban J connectivity index is 1.66. The van der Waals surface area contributed by atoms with Gasteiger partial charge in [0.2, 0.25) is 5.91 Å². The normalized spacial score (nSPS) is 24.9. The second-order valence-electron chi connectivity index (χ2n) is 7.78. The topological polar surface area (TPSA) is 43.8 Å². The van der Waals surface area contributed by atoms with Gasteiger partial charge in [-0.15, -0.1) is 0 Å². The quantitative estimate of drug-likeness (QED) is 0.890. The average molecular weight is 348 g/mol. The summed E-state index contributed by atoms with van der Waals surface area (Å²) < 4.78 is 13.3. The van der Waals surface area contributed by atoms with Crippen LogP contribution in [0.3, 0.4) is 0 Å². The molecule has 1 spiro atoms. The predicted octanol–water partition coefficient (Wildman–Crippen LogP) is 2.72. The van der Waals surface area contributed by atoms with Crippen LogP contribution in [-0.4, -0.2) is 53.6 Å². The first-order chi connectivity index (χ1) is 12.0. The van der Waals surface area contributed by atoms with E-state index in [1.165, 1.54) is 11.6 Å². The highest BCUT2D eigenvalue weighted by molar-refractivity contribution is 5.77.